The van der Waals surface area contributed by atoms with Crippen LogP contribution in [0.2, 0.25) is 0 Å². The van der Waals surface area contributed by atoms with Gasteiger partial charge < -0.3 is 10.2 Å². The van der Waals surface area contributed by atoms with Crippen molar-refractivity contribution in [3.63, 3.8) is 0 Å². The number of likely N-dealkylation sites (N-methyl/N-ethyl adjacent to an activating group) is 1. The van der Waals surface area contributed by atoms with Gasteiger partial charge in [-0.2, -0.15) is 5.10 Å². The van der Waals surface area contributed by atoms with Crippen LogP contribution in [0.15, 0.2) is 0 Å². The number of carbonyl (C=O) groups is 1. The van der Waals surface area contributed by atoms with Crippen molar-refractivity contribution in [3.8, 4) is 0 Å². The molecule has 0 spiro atoms. The Balaban J connectivity index is 2.82. The highest BCUT2D eigenvalue weighted by Gasteiger charge is 2.16. The smallest absolute Gasteiger partial charge is 0.244 e. The summed E-state index contributed by atoms with van der Waals surface area (Å²) in [6.07, 6.45) is 0. The average Bonchev–Trinajstić information content (AvgIpc) is 2.61. The molecule has 0 saturated carbocycles. The first-order valence-corrected chi connectivity index (χ1v) is 6.87. The molecule has 5 heteroatoms. The van der Waals surface area contributed by atoms with Crippen LogP contribution in [0.25, 0.3) is 0 Å². The maximum atomic E-state index is 12.1. The number of amides is 1. The molecule has 0 aliphatic heterocycles. The highest BCUT2D eigenvalue weighted by molar-refractivity contribution is 5.76. The molecule has 0 fully saturated rings. The van der Waals surface area contributed by atoms with E-state index >= 15 is 0 Å². The minimum absolute atomic E-state index is 0.0931. The Kier molecular flexibility index (Phi) is 5.54. The lowest BCUT2D eigenvalue weighted by atomic mass is 10.2. The minimum Gasteiger partial charge on any atom is -0.342 e. The first-order chi connectivity index (χ1) is 8.88. The number of carbonyl (C=O) groups excluding carboxylic acids is 1. The highest BCUT2D eigenvalue weighted by Crippen LogP contribution is 2.13. The van der Waals surface area contributed by atoms with Crippen molar-refractivity contribution in [1.29, 1.82) is 0 Å². The number of aryl methyl sites for hydroxylation is 1. The molecule has 1 N–H and O–H groups in total. The van der Waals surface area contributed by atoms with Crippen LogP contribution in [0.5, 0.6) is 0 Å². The summed E-state index contributed by atoms with van der Waals surface area (Å²) in [5.41, 5.74) is 3.27. The molecule has 5 nitrogen and oxygen atoms in total. The van der Waals surface area contributed by atoms with E-state index in [1.54, 1.807) is 4.90 Å². The molecule has 0 bridgehead atoms. The first kappa shape index (κ1) is 15.7. The summed E-state index contributed by atoms with van der Waals surface area (Å²) in [4.78, 5) is 13.8. The summed E-state index contributed by atoms with van der Waals surface area (Å²) in [7, 11) is 1.83. The standard InChI is InChI=1S/C14H26N4O/c1-7-15-8-13-11(4)16-18(12(13)5)9-14(19)17(6)10(2)3/h10,15H,7-9H2,1-6H3. The third-order valence-electron chi connectivity index (χ3n) is 3.54. The lowest BCUT2D eigenvalue weighted by Gasteiger charge is -2.21. The number of rotatable bonds is 6. The van der Waals surface area contributed by atoms with Crippen LogP contribution in [0.1, 0.15) is 37.7 Å². The Morgan fingerprint density at radius 3 is 2.58 bits per heavy atom. The van der Waals surface area contributed by atoms with E-state index < -0.39 is 0 Å². The molecule has 0 atom stereocenters. The van der Waals surface area contributed by atoms with Gasteiger partial charge in [0.15, 0.2) is 0 Å². The maximum absolute atomic E-state index is 12.1. The van der Waals surface area contributed by atoms with E-state index in [9.17, 15) is 4.79 Å². The van der Waals surface area contributed by atoms with Gasteiger partial charge in [0.1, 0.15) is 6.54 Å². The number of nitrogens with zero attached hydrogens (tertiary/aromatic N) is 3. The van der Waals surface area contributed by atoms with Crippen LogP contribution in [-0.2, 0) is 17.9 Å². The highest BCUT2D eigenvalue weighted by atomic mass is 16.2. The van der Waals surface area contributed by atoms with Gasteiger partial charge >= 0.3 is 0 Å². The summed E-state index contributed by atoms with van der Waals surface area (Å²) in [6.45, 7) is 12.2. The predicted octanol–water partition coefficient (Wildman–Crippen LogP) is 1.48. The number of hydrogen-bond donors (Lipinski definition) is 1. The van der Waals surface area contributed by atoms with Crippen molar-refractivity contribution in [1.82, 2.24) is 20.0 Å². The summed E-state index contributed by atoms with van der Waals surface area (Å²) >= 11 is 0. The molecule has 1 aromatic rings. The van der Waals surface area contributed by atoms with E-state index in [4.69, 9.17) is 0 Å². The normalized spacial score (nSPS) is 11.1. The van der Waals surface area contributed by atoms with Gasteiger partial charge in [0.25, 0.3) is 0 Å². The third-order valence-corrected chi connectivity index (χ3v) is 3.54. The second-order valence-electron chi connectivity index (χ2n) is 5.19. The van der Waals surface area contributed by atoms with E-state index in [1.165, 1.54) is 5.56 Å². The Labute approximate surface area is 116 Å². The zero-order chi connectivity index (χ0) is 14.6. The van der Waals surface area contributed by atoms with Crippen LogP contribution < -0.4 is 5.32 Å². The molecule has 1 aromatic heterocycles. The number of aromatic nitrogens is 2. The molecule has 108 valence electrons. The third kappa shape index (κ3) is 3.80. The fourth-order valence-electron chi connectivity index (χ4n) is 1.92. The van der Waals surface area contributed by atoms with Crippen molar-refractivity contribution in [2.75, 3.05) is 13.6 Å². The summed E-state index contributed by atoms with van der Waals surface area (Å²) < 4.78 is 1.81. The molecule has 1 rings (SSSR count). The van der Waals surface area contributed by atoms with Gasteiger partial charge in [0, 0.05) is 30.9 Å². The second kappa shape index (κ2) is 6.70. The molecular formula is C14H26N4O. The summed E-state index contributed by atoms with van der Waals surface area (Å²) in [5.74, 6) is 0.0931. The molecule has 0 aromatic carbocycles. The molecule has 1 heterocycles. The Morgan fingerprint density at radius 1 is 1.42 bits per heavy atom. The van der Waals surface area contributed by atoms with Crippen LogP contribution in [0, 0.1) is 13.8 Å². The van der Waals surface area contributed by atoms with E-state index in [2.05, 4.69) is 17.3 Å². The quantitative estimate of drug-likeness (QED) is 0.848. The van der Waals surface area contributed by atoms with E-state index in [0.717, 1.165) is 24.5 Å². The van der Waals surface area contributed by atoms with Crippen molar-refractivity contribution >= 4 is 5.91 Å². The van der Waals surface area contributed by atoms with Crippen molar-refractivity contribution in [3.05, 3.63) is 17.0 Å². The van der Waals surface area contributed by atoms with Gasteiger partial charge in [-0.1, -0.05) is 6.92 Å². The van der Waals surface area contributed by atoms with Crippen LogP contribution >= 0.6 is 0 Å². The Hall–Kier alpha value is -1.36. The lowest BCUT2D eigenvalue weighted by Crippen LogP contribution is -2.36. The SMILES string of the molecule is CCNCc1c(C)nn(CC(=O)N(C)C(C)C)c1C. The average molecular weight is 266 g/mol. The molecule has 1 amide bonds. The molecular weight excluding hydrogens is 240 g/mol. The topological polar surface area (TPSA) is 50.2 Å². The minimum atomic E-state index is 0.0931. The van der Waals surface area contributed by atoms with Gasteiger partial charge in [-0.25, -0.2) is 0 Å². The van der Waals surface area contributed by atoms with E-state index in [0.29, 0.717) is 6.54 Å². The molecule has 0 aliphatic rings. The molecule has 19 heavy (non-hydrogen) atoms. The molecule has 0 saturated heterocycles. The zero-order valence-corrected chi connectivity index (χ0v) is 12.9. The fraction of sp³-hybridized carbons (Fsp3) is 0.714. The van der Waals surface area contributed by atoms with Gasteiger partial charge in [0.05, 0.1) is 5.69 Å². The molecule has 0 radical (unpaired) electrons. The van der Waals surface area contributed by atoms with Gasteiger partial charge in [-0.15, -0.1) is 0 Å². The first-order valence-electron chi connectivity index (χ1n) is 6.87. The summed E-state index contributed by atoms with van der Waals surface area (Å²) in [5, 5.41) is 7.78. The largest absolute Gasteiger partial charge is 0.342 e. The molecule has 0 unspecified atom stereocenters. The van der Waals surface area contributed by atoms with Gasteiger partial charge in [0.2, 0.25) is 5.91 Å². The van der Waals surface area contributed by atoms with Crippen LogP contribution in [0.3, 0.4) is 0 Å². The number of nitrogens with one attached hydrogen (secondary N) is 1. The second-order valence-corrected chi connectivity index (χ2v) is 5.19. The van der Waals surface area contributed by atoms with E-state index in [1.807, 2.05) is 39.4 Å². The van der Waals surface area contributed by atoms with Gasteiger partial charge in [-0.05, 0) is 34.2 Å². The Bertz CT molecular complexity index is 437. The lowest BCUT2D eigenvalue weighted by molar-refractivity contribution is -0.132. The summed E-state index contributed by atoms with van der Waals surface area (Å²) in [6, 6.07) is 0.214. The van der Waals surface area contributed by atoms with Gasteiger partial charge in [-0.3, -0.25) is 9.48 Å². The number of hydrogen-bond acceptors (Lipinski definition) is 3. The van der Waals surface area contributed by atoms with Crippen LogP contribution in [-0.4, -0.2) is 40.2 Å². The zero-order valence-electron chi connectivity index (χ0n) is 12.9. The van der Waals surface area contributed by atoms with Crippen molar-refractivity contribution in [2.45, 2.75) is 53.8 Å². The predicted molar refractivity (Wildman–Crippen MR) is 77.0 cm³/mol. The monoisotopic (exact) mass is 266 g/mol. The van der Waals surface area contributed by atoms with Crippen molar-refractivity contribution < 1.29 is 4.79 Å². The maximum Gasteiger partial charge on any atom is 0.244 e. The van der Waals surface area contributed by atoms with Crippen LogP contribution in [0.4, 0.5) is 0 Å². The Morgan fingerprint density at radius 2 is 2.05 bits per heavy atom. The fourth-order valence-corrected chi connectivity index (χ4v) is 1.92. The van der Waals surface area contributed by atoms with Crippen molar-refractivity contribution in [2.24, 2.45) is 0 Å². The molecule has 0 aliphatic carbocycles. The van der Waals surface area contributed by atoms with E-state index in [-0.39, 0.29) is 11.9 Å².